The van der Waals surface area contributed by atoms with E-state index in [1.54, 1.807) is 24.3 Å². The van der Waals surface area contributed by atoms with Crippen LogP contribution >= 0.6 is 11.6 Å². The molecule has 7 heteroatoms. The molecule has 164 valence electrons. The monoisotopic (exact) mass is 450 g/mol. The SMILES string of the molecule is O=C(COC(=O)CCNC(=O)c1ccc(Cl)cc1)Nc1ccccc1Cc1ccccc1. The number of hydrogen-bond acceptors (Lipinski definition) is 4. The first kappa shape index (κ1) is 23.0. The van der Waals surface area contributed by atoms with E-state index in [1.807, 2.05) is 54.6 Å². The Morgan fingerprint density at radius 1 is 0.844 bits per heavy atom. The zero-order chi connectivity index (χ0) is 22.8. The molecule has 2 N–H and O–H groups in total. The molecule has 0 atom stereocenters. The van der Waals surface area contributed by atoms with Gasteiger partial charge in [0.2, 0.25) is 0 Å². The van der Waals surface area contributed by atoms with Crippen molar-refractivity contribution in [1.82, 2.24) is 5.32 Å². The average molecular weight is 451 g/mol. The van der Waals surface area contributed by atoms with Gasteiger partial charge in [0.15, 0.2) is 6.61 Å². The first-order chi connectivity index (χ1) is 15.5. The van der Waals surface area contributed by atoms with E-state index in [4.69, 9.17) is 16.3 Å². The topological polar surface area (TPSA) is 84.5 Å². The highest BCUT2D eigenvalue weighted by atomic mass is 35.5. The highest BCUT2D eigenvalue weighted by Gasteiger charge is 2.11. The molecule has 0 unspecified atom stereocenters. The number of para-hydroxylation sites is 1. The first-order valence-electron chi connectivity index (χ1n) is 10.1. The highest BCUT2D eigenvalue weighted by Crippen LogP contribution is 2.19. The number of rotatable bonds is 9. The summed E-state index contributed by atoms with van der Waals surface area (Å²) in [6.07, 6.45) is 0.627. The van der Waals surface area contributed by atoms with Crippen molar-refractivity contribution in [3.05, 3.63) is 101 Å². The van der Waals surface area contributed by atoms with Crippen LogP contribution in [0.15, 0.2) is 78.9 Å². The van der Waals surface area contributed by atoms with Crippen LogP contribution in [-0.4, -0.2) is 30.9 Å². The van der Waals surface area contributed by atoms with Gasteiger partial charge in [0.05, 0.1) is 6.42 Å². The Hall–Kier alpha value is -3.64. The molecule has 0 heterocycles. The number of nitrogens with one attached hydrogen (secondary N) is 2. The Morgan fingerprint density at radius 3 is 2.28 bits per heavy atom. The predicted molar refractivity (Wildman–Crippen MR) is 124 cm³/mol. The van der Waals surface area contributed by atoms with E-state index in [-0.39, 0.29) is 18.9 Å². The lowest BCUT2D eigenvalue weighted by Crippen LogP contribution is -2.27. The zero-order valence-electron chi connectivity index (χ0n) is 17.3. The standard InChI is InChI=1S/C25H23ClN2O4/c26-21-12-10-19(11-13-21)25(31)27-15-14-24(30)32-17-23(29)28-22-9-5-4-8-20(22)16-18-6-2-1-3-7-18/h1-13H,14-17H2,(H,27,31)(H,28,29). The molecule has 0 saturated carbocycles. The number of benzene rings is 3. The largest absolute Gasteiger partial charge is 0.456 e. The van der Waals surface area contributed by atoms with Crippen molar-refractivity contribution in [2.45, 2.75) is 12.8 Å². The zero-order valence-corrected chi connectivity index (χ0v) is 18.1. The molecule has 2 amide bonds. The Bertz CT molecular complexity index is 1070. The number of carbonyl (C=O) groups excluding carboxylic acids is 3. The molecule has 3 aromatic rings. The number of hydrogen-bond donors (Lipinski definition) is 2. The normalized spacial score (nSPS) is 10.3. The van der Waals surface area contributed by atoms with Crippen LogP contribution in [0.5, 0.6) is 0 Å². The average Bonchev–Trinajstić information content (AvgIpc) is 2.80. The van der Waals surface area contributed by atoms with Crippen LogP contribution in [0.25, 0.3) is 0 Å². The molecule has 3 rings (SSSR count). The maximum atomic E-state index is 12.2. The fraction of sp³-hybridized carbons (Fsp3) is 0.160. The van der Waals surface area contributed by atoms with E-state index in [0.29, 0.717) is 22.7 Å². The van der Waals surface area contributed by atoms with Crippen molar-refractivity contribution in [2.24, 2.45) is 0 Å². The van der Waals surface area contributed by atoms with E-state index in [9.17, 15) is 14.4 Å². The van der Waals surface area contributed by atoms with E-state index in [1.165, 1.54) is 0 Å². The van der Waals surface area contributed by atoms with Gasteiger partial charge < -0.3 is 15.4 Å². The fourth-order valence-corrected chi connectivity index (χ4v) is 3.12. The Labute approximate surface area is 191 Å². The predicted octanol–water partition coefficient (Wildman–Crippen LogP) is 4.23. The third-order valence-electron chi connectivity index (χ3n) is 4.61. The van der Waals surface area contributed by atoms with Crippen LogP contribution in [0.3, 0.4) is 0 Å². The first-order valence-corrected chi connectivity index (χ1v) is 10.5. The van der Waals surface area contributed by atoms with Crippen molar-refractivity contribution in [3.63, 3.8) is 0 Å². The summed E-state index contributed by atoms with van der Waals surface area (Å²) < 4.78 is 5.02. The minimum atomic E-state index is -0.575. The van der Waals surface area contributed by atoms with Gasteiger partial charge in [-0.05, 0) is 47.9 Å². The van der Waals surface area contributed by atoms with E-state index >= 15 is 0 Å². The summed E-state index contributed by atoms with van der Waals surface area (Å²) in [5.41, 5.74) is 3.20. The van der Waals surface area contributed by atoms with Gasteiger partial charge in [-0.25, -0.2) is 0 Å². The smallest absolute Gasteiger partial charge is 0.308 e. The molecular weight excluding hydrogens is 428 g/mol. The number of halogens is 1. The lowest BCUT2D eigenvalue weighted by molar-refractivity contribution is -0.147. The van der Waals surface area contributed by atoms with Gasteiger partial charge in [0, 0.05) is 22.8 Å². The molecule has 3 aromatic carbocycles. The van der Waals surface area contributed by atoms with E-state index in [0.717, 1.165) is 11.1 Å². The summed E-state index contributed by atoms with van der Waals surface area (Å²) in [7, 11) is 0. The number of ether oxygens (including phenoxy) is 1. The summed E-state index contributed by atoms with van der Waals surface area (Å²) in [4.78, 5) is 36.1. The van der Waals surface area contributed by atoms with Crippen LogP contribution < -0.4 is 10.6 Å². The third-order valence-corrected chi connectivity index (χ3v) is 4.87. The lowest BCUT2D eigenvalue weighted by Gasteiger charge is -2.12. The van der Waals surface area contributed by atoms with Crippen molar-refractivity contribution in [2.75, 3.05) is 18.5 Å². The molecule has 0 aliphatic carbocycles. The molecule has 0 aliphatic heterocycles. The summed E-state index contributed by atoms with van der Waals surface area (Å²) >= 11 is 5.79. The molecule has 0 saturated heterocycles. The summed E-state index contributed by atoms with van der Waals surface area (Å²) in [6, 6.07) is 23.8. The second-order valence-electron chi connectivity index (χ2n) is 7.04. The maximum Gasteiger partial charge on any atom is 0.308 e. The Morgan fingerprint density at radius 2 is 1.53 bits per heavy atom. The van der Waals surface area contributed by atoms with Crippen molar-refractivity contribution in [3.8, 4) is 0 Å². The Balaban J connectivity index is 1.41. The summed E-state index contributed by atoms with van der Waals surface area (Å²) in [5, 5.41) is 5.95. The van der Waals surface area contributed by atoms with Crippen molar-refractivity contribution < 1.29 is 19.1 Å². The molecule has 0 radical (unpaired) electrons. The van der Waals surface area contributed by atoms with Crippen LogP contribution in [0.1, 0.15) is 27.9 Å². The van der Waals surface area contributed by atoms with Gasteiger partial charge in [0.25, 0.3) is 11.8 Å². The second kappa shape index (κ2) is 11.7. The van der Waals surface area contributed by atoms with Gasteiger partial charge in [-0.15, -0.1) is 0 Å². The van der Waals surface area contributed by atoms with Crippen molar-refractivity contribution >= 4 is 35.1 Å². The molecule has 0 fully saturated rings. The van der Waals surface area contributed by atoms with Crippen LogP contribution in [0, 0.1) is 0 Å². The van der Waals surface area contributed by atoms with Crippen LogP contribution in [-0.2, 0) is 20.7 Å². The molecule has 32 heavy (non-hydrogen) atoms. The van der Waals surface area contributed by atoms with Crippen molar-refractivity contribution in [1.29, 1.82) is 0 Å². The van der Waals surface area contributed by atoms with Crippen LogP contribution in [0.4, 0.5) is 5.69 Å². The highest BCUT2D eigenvalue weighted by molar-refractivity contribution is 6.30. The fourth-order valence-electron chi connectivity index (χ4n) is 3.00. The minimum absolute atomic E-state index is 0.0444. The number of amides is 2. The van der Waals surface area contributed by atoms with E-state index < -0.39 is 18.5 Å². The number of esters is 1. The Kier molecular flexibility index (Phi) is 8.40. The van der Waals surface area contributed by atoms with Gasteiger partial charge in [0.1, 0.15) is 0 Å². The van der Waals surface area contributed by atoms with Gasteiger partial charge in [-0.2, -0.15) is 0 Å². The number of anilines is 1. The quantitative estimate of drug-likeness (QED) is 0.478. The second-order valence-corrected chi connectivity index (χ2v) is 7.48. The lowest BCUT2D eigenvalue weighted by atomic mass is 10.0. The van der Waals surface area contributed by atoms with E-state index in [2.05, 4.69) is 10.6 Å². The molecule has 0 aliphatic rings. The maximum absolute atomic E-state index is 12.2. The molecule has 0 spiro atoms. The van der Waals surface area contributed by atoms with Gasteiger partial charge in [-0.3, -0.25) is 14.4 Å². The molecule has 0 aromatic heterocycles. The van der Waals surface area contributed by atoms with Crippen LogP contribution in [0.2, 0.25) is 5.02 Å². The molecule has 6 nitrogen and oxygen atoms in total. The molecule has 0 bridgehead atoms. The minimum Gasteiger partial charge on any atom is -0.456 e. The molecular formula is C25H23ClN2O4. The summed E-state index contributed by atoms with van der Waals surface area (Å²) in [6.45, 7) is -0.300. The third kappa shape index (κ3) is 7.25. The number of carbonyl (C=O) groups is 3. The van der Waals surface area contributed by atoms with Gasteiger partial charge in [-0.1, -0.05) is 60.1 Å². The summed E-state index contributed by atoms with van der Waals surface area (Å²) in [5.74, 6) is -1.32. The van der Waals surface area contributed by atoms with Gasteiger partial charge >= 0.3 is 5.97 Å².